The summed E-state index contributed by atoms with van der Waals surface area (Å²) in [6, 6.07) is 18.3. The maximum Gasteiger partial charge on any atom is 0.0784 e. The molecule has 148 valence electrons. The van der Waals surface area contributed by atoms with Crippen LogP contribution in [0.1, 0.15) is 43.6 Å². The molecule has 0 radical (unpaired) electrons. The van der Waals surface area contributed by atoms with Gasteiger partial charge in [-0.25, -0.2) is 0 Å². The minimum absolute atomic E-state index is 0.713. The molecule has 0 atom stereocenters. The van der Waals surface area contributed by atoms with E-state index >= 15 is 0 Å². The summed E-state index contributed by atoms with van der Waals surface area (Å²) in [5, 5.41) is 4.46. The minimum atomic E-state index is -1.45. The van der Waals surface area contributed by atoms with Crippen LogP contribution in [0, 0.1) is 0 Å². The molecule has 0 bridgehead atoms. The number of rotatable bonds is 3. The highest BCUT2D eigenvalue weighted by Gasteiger charge is 2.24. The van der Waals surface area contributed by atoms with E-state index in [1.54, 1.807) is 5.19 Å². The summed E-state index contributed by atoms with van der Waals surface area (Å²) in [5.74, 6) is 0.713. The van der Waals surface area contributed by atoms with Gasteiger partial charge >= 0.3 is 0 Å². The van der Waals surface area contributed by atoms with Crippen molar-refractivity contribution in [2.45, 2.75) is 57.7 Å². The number of aromatic nitrogens is 1. The van der Waals surface area contributed by atoms with Gasteiger partial charge in [0.2, 0.25) is 0 Å². The van der Waals surface area contributed by atoms with Gasteiger partial charge in [0.1, 0.15) is 0 Å². The highest BCUT2D eigenvalue weighted by atomic mass is 32.1. The minimum Gasteiger partial charge on any atom is -0.256 e. The summed E-state index contributed by atoms with van der Waals surface area (Å²) >= 11 is 1.94. The van der Waals surface area contributed by atoms with Crippen LogP contribution in [0.5, 0.6) is 0 Å². The van der Waals surface area contributed by atoms with Crippen molar-refractivity contribution >= 4 is 44.8 Å². The van der Waals surface area contributed by atoms with Crippen molar-refractivity contribution in [3.63, 3.8) is 0 Å². The lowest BCUT2D eigenvalue weighted by atomic mass is 9.84. The van der Waals surface area contributed by atoms with Gasteiger partial charge in [-0.05, 0) is 42.5 Å². The molecule has 2 aromatic carbocycles. The van der Waals surface area contributed by atoms with Crippen molar-refractivity contribution in [2.75, 3.05) is 0 Å². The van der Waals surface area contributed by atoms with E-state index in [1.165, 1.54) is 63.4 Å². The molecule has 4 aromatic rings. The zero-order chi connectivity index (χ0) is 20.0. The molecule has 5 rings (SSSR count). The monoisotopic (exact) mass is 415 g/mol. The topological polar surface area (TPSA) is 12.9 Å². The molecule has 1 nitrogen and oxygen atoms in total. The number of hydrogen-bond donors (Lipinski definition) is 0. The first kappa shape index (κ1) is 19.0. The summed E-state index contributed by atoms with van der Waals surface area (Å²) in [7, 11) is -1.45. The predicted octanol–water partition coefficient (Wildman–Crippen LogP) is 7.71. The van der Waals surface area contributed by atoms with Crippen LogP contribution in [0.25, 0.3) is 31.4 Å². The maximum atomic E-state index is 4.83. The van der Waals surface area contributed by atoms with E-state index in [0.29, 0.717) is 5.92 Å². The Balaban J connectivity index is 1.72. The van der Waals surface area contributed by atoms with Gasteiger partial charge in [-0.15, -0.1) is 11.3 Å². The molecule has 1 aliphatic rings. The van der Waals surface area contributed by atoms with Crippen molar-refractivity contribution in [3.05, 3.63) is 60.3 Å². The standard InChI is InChI=1S/C26H29NSSi/c1-29(2,3)24-14-13-20(26-25(24)21-11-7-8-12-23(21)28-26)22-17-19(15-16-27-22)18-9-5-4-6-10-18/h7-8,11-18H,4-6,9-10H2,1-3H3. The molecule has 3 heteroatoms. The molecular weight excluding hydrogens is 386 g/mol. The van der Waals surface area contributed by atoms with E-state index in [2.05, 4.69) is 68.2 Å². The first-order valence-electron chi connectivity index (χ1n) is 10.9. The summed E-state index contributed by atoms with van der Waals surface area (Å²) in [6.45, 7) is 7.36. The van der Waals surface area contributed by atoms with Crippen molar-refractivity contribution in [3.8, 4) is 11.3 Å². The fourth-order valence-electron chi connectivity index (χ4n) is 4.94. The van der Waals surface area contributed by atoms with E-state index in [4.69, 9.17) is 4.98 Å². The van der Waals surface area contributed by atoms with E-state index in [1.807, 2.05) is 17.5 Å². The summed E-state index contributed by atoms with van der Waals surface area (Å²) in [6.07, 6.45) is 8.83. The van der Waals surface area contributed by atoms with Crippen LogP contribution in [0.3, 0.4) is 0 Å². The number of pyridine rings is 1. The molecule has 0 aliphatic heterocycles. The van der Waals surface area contributed by atoms with Crippen molar-refractivity contribution in [2.24, 2.45) is 0 Å². The third kappa shape index (κ3) is 3.45. The normalized spacial score (nSPS) is 16.0. The molecule has 1 saturated carbocycles. The quantitative estimate of drug-likeness (QED) is 0.312. The summed E-state index contributed by atoms with van der Waals surface area (Å²) in [4.78, 5) is 4.83. The third-order valence-corrected chi connectivity index (χ3v) is 9.71. The second-order valence-electron chi connectivity index (χ2n) is 9.52. The van der Waals surface area contributed by atoms with Crippen LogP contribution in [-0.2, 0) is 0 Å². The molecule has 0 N–H and O–H groups in total. The van der Waals surface area contributed by atoms with Gasteiger partial charge in [-0.3, -0.25) is 4.98 Å². The van der Waals surface area contributed by atoms with Gasteiger partial charge in [0.05, 0.1) is 13.8 Å². The Morgan fingerprint density at radius 2 is 1.72 bits per heavy atom. The number of hydrogen-bond acceptors (Lipinski definition) is 2. The summed E-state index contributed by atoms with van der Waals surface area (Å²) in [5.41, 5.74) is 3.94. The average Bonchev–Trinajstić information content (AvgIpc) is 3.12. The number of fused-ring (bicyclic) bond motifs is 3. The van der Waals surface area contributed by atoms with Gasteiger partial charge in [-0.2, -0.15) is 0 Å². The number of benzene rings is 2. The van der Waals surface area contributed by atoms with Crippen LogP contribution >= 0.6 is 11.3 Å². The zero-order valence-corrected chi connectivity index (χ0v) is 19.5. The van der Waals surface area contributed by atoms with Gasteiger partial charge in [0.25, 0.3) is 0 Å². The van der Waals surface area contributed by atoms with E-state index in [-0.39, 0.29) is 0 Å². The lowest BCUT2D eigenvalue weighted by molar-refractivity contribution is 0.443. The number of thiophene rings is 1. The second-order valence-corrected chi connectivity index (χ2v) is 15.6. The molecule has 2 heterocycles. The van der Waals surface area contributed by atoms with Crippen molar-refractivity contribution in [1.29, 1.82) is 0 Å². The Hall–Kier alpha value is -1.97. The fraction of sp³-hybridized carbons (Fsp3) is 0.346. The average molecular weight is 416 g/mol. The predicted molar refractivity (Wildman–Crippen MR) is 131 cm³/mol. The van der Waals surface area contributed by atoms with E-state index in [9.17, 15) is 0 Å². The van der Waals surface area contributed by atoms with Crippen molar-refractivity contribution in [1.82, 2.24) is 4.98 Å². The molecule has 0 spiro atoms. The molecule has 0 amide bonds. The van der Waals surface area contributed by atoms with Crippen LogP contribution in [-0.4, -0.2) is 13.1 Å². The molecular formula is C26H29NSSi. The molecule has 1 fully saturated rings. The van der Waals surface area contributed by atoms with Crippen LogP contribution in [0.2, 0.25) is 19.6 Å². The largest absolute Gasteiger partial charge is 0.256 e. The van der Waals surface area contributed by atoms with E-state index < -0.39 is 8.07 Å². The first-order chi connectivity index (χ1) is 14.0. The van der Waals surface area contributed by atoms with E-state index in [0.717, 1.165) is 5.69 Å². The van der Waals surface area contributed by atoms with Crippen LogP contribution < -0.4 is 5.19 Å². The molecule has 0 saturated heterocycles. The van der Waals surface area contributed by atoms with Gasteiger partial charge < -0.3 is 0 Å². The van der Waals surface area contributed by atoms with Crippen LogP contribution in [0.15, 0.2) is 54.7 Å². The molecule has 1 aliphatic carbocycles. The van der Waals surface area contributed by atoms with Gasteiger partial charge in [0, 0.05) is 31.9 Å². The first-order valence-corrected chi connectivity index (χ1v) is 15.2. The highest BCUT2D eigenvalue weighted by Crippen LogP contribution is 2.40. The Morgan fingerprint density at radius 3 is 2.52 bits per heavy atom. The lowest BCUT2D eigenvalue weighted by Gasteiger charge is -2.22. The molecule has 0 unspecified atom stereocenters. The molecule has 29 heavy (non-hydrogen) atoms. The maximum absolute atomic E-state index is 4.83. The van der Waals surface area contributed by atoms with Crippen molar-refractivity contribution < 1.29 is 0 Å². The zero-order valence-electron chi connectivity index (χ0n) is 17.7. The summed E-state index contributed by atoms with van der Waals surface area (Å²) < 4.78 is 2.80. The Morgan fingerprint density at radius 1 is 0.931 bits per heavy atom. The van der Waals surface area contributed by atoms with Gasteiger partial charge in [-0.1, -0.05) is 74.4 Å². The number of nitrogens with zero attached hydrogens (tertiary/aromatic N) is 1. The molecule has 2 aromatic heterocycles. The Labute approximate surface area is 178 Å². The fourth-order valence-corrected chi connectivity index (χ4v) is 7.87. The third-order valence-electron chi connectivity index (χ3n) is 6.47. The Bertz CT molecular complexity index is 1180. The smallest absolute Gasteiger partial charge is 0.0784 e. The Kier molecular flexibility index (Phi) is 4.83. The van der Waals surface area contributed by atoms with Gasteiger partial charge in [0.15, 0.2) is 0 Å². The second kappa shape index (κ2) is 7.37. The lowest BCUT2D eigenvalue weighted by Crippen LogP contribution is -2.37. The SMILES string of the molecule is C[Si](C)(C)c1ccc(-c2cc(C3CCCCC3)ccn2)c2sc3ccccc3c12. The van der Waals surface area contributed by atoms with Crippen LogP contribution in [0.4, 0.5) is 0 Å². The highest BCUT2D eigenvalue weighted by molar-refractivity contribution is 7.26.